The van der Waals surface area contributed by atoms with Crippen LogP contribution in [-0.2, 0) is 0 Å². The summed E-state index contributed by atoms with van der Waals surface area (Å²) >= 11 is 0. The van der Waals surface area contributed by atoms with Crippen LogP contribution in [-0.4, -0.2) is 0 Å². The highest BCUT2D eigenvalue weighted by Crippen LogP contribution is 2.51. The van der Waals surface area contributed by atoms with Crippen LogP contribution in [0.2, 0.25) is 0 Å². The van der Waals surface area contributed by atoms with Crippen LogP contribution in [0, 0.1) is 0 Å². The lowest BCUT2D eigenvalue weighted by molar-refractivity contribution is 0.672. The number of hydrogen-bond acceptors (Lipinski definition) is 2. The van der Waals surface area contributed by atoms with Gasteiger partial charge < -0.3 is 8.83 Å². The fourth-order valence-electron chi connectivity index (χ4n) is 8.89. The first kappa shape index (κ1) is 29.4. The first-order chi connectivity index (χ1) is 26.8. The van der Waals surface area contributed by atoms with E-state index in [4.69, 9.17) is 8.83 Å². The van der Waals surface area contributed by atoms with Gasteiger partial charge in [-0.3, -0.25) is 0 Å². The molecule has 0 radical (unpaired) electrons. The molecule has 10 aromatic carbocycles. The first-order valence-electron chi connectivity index (χ1n) is 18.5. The van der Waals surface area contributed by atoms with Crippen molar-refractivity contribution in [1.29, 1.82) is 0 Å². The van der Waals surface area contributed by atoms with Crippen LogP contribution < -0.4 is 0 Å². The van der Waals surface area contributed by atoms with Crippen molar-refractivity contribution in [2.45, 2.75) is 0 Å². The van der Waals surface area contributed by atoms with E-state index in [2.05, 4.69) is 182 Å². The van der Waals surface area contributed by atoms with Crippen molar-refractivity contribution >= 4 is 76.2 Å². The van der Waals surface area contributed by atoms with Gasteiger partial charge in [0.1, 0.15) is 22.3 Å². The number of hydrogen-bond donors (Lipinski definition) is 0. The SMILES string of the molecule is c1ccc(-c2ccc3c(c2)oc2c3cc3c(-c4ccccc4)cc4c5oc6cc(-c7ccccc7)ccc6c5cc5c(-c6ccccc6)cc2c3c54)cc1. The second-order valence-corrected chi connectivity index (χ2v) is 14.4. The lowest BCUT2D eigenvalue weighted by atomic mass is 9.84. The summed E-state index contributed by atoms with van der Waals surface area (Å²) in [4.78, 5) is 0. The number of benzene rings is 10. The standard InChI is InChI=1S/C52H30O2/c1-5-13-31(14-6-1)35-21-23-37-43-29-41-40(34-19-11-4-12-20-34)28-46-50-42(30-44-38-24-22-36(26-48(38)54-52(44)46)32-15-7-2-8-16-32)39(33-17-9-3-10-18-33)27-45(49(41)50)51(43)53-47(37)25-35/h1-30H. The summed E-state index contributed by atoms with van der Waals surface area (Å²) in [6.07, 6.45) is 0. The van der Waals surface area contributed by atoms with E-state index in [1.165, 1.54) is 54.9 Å². The summed E-state index contributed by atoms with van der Waals surface area (Å²) in [5.74, 6) is 0. The minimum atomic E-state index is 0.887. The molecule has 2 heteroatoms. The zero-order valence-corrected chi connectivity index (χ0v) is 29.1. The summed E-state index contributed by atoms with van der Waals surface area (Å²) < 4.78 is 14.0. The molecule has 0 bridgehead atoms. The molecule has 0 aliphatic rings. The van der Waals surface area contributed by atoms with Crippen molar-refractivity contribution in [3.8, 4) is 44.5 Å². The molecule has 54 heavy (non-hydrogen) atoms. The smallest absolute Gasteiger partial charge is 0.143 e. The Labute approximate surface area is 310 Å². The molecule has 0 aliphatic heterocycles. The van der Waals surface area contributed by atoms with Gasteiger partial charge in [0, 0.05) is 43.1 Å². The maximum atomic E-state index is 6.98. The van der Waals surface area contributed by atoms with E-state index in [-0.39, 0.29) is 0 Å². The number of fused-ring (bicyclic) bond motifs is 8. The lowest BCUT2D eigenvalue weighted by Gasteiger charge is -2.18. The fraction of sp³-hybridized carbons (Fsp3) is 0. The quantitative estimate of drug-likeness (QED) is 0.172. The van der Waals surface area contributed by atoms with E-state index >= 15 is 0 Å². The molecule has 2 heterocycles. The minimum Gasteiger partial charge on any atom is -0.455 e. The van der Waals surface area contributed by atoms with Crippen molar-refractivity contribution < 1.29 is 8.83 Å². The van der Waals surface area contributed by atoms with Gasteiger partial charge >= 0.3 is 0 Å². The molecule has 0 aliphatic carbocycles. The molecule has 0 spiro atoms. The lowest BCUT2D eigenvalue weighted by Crippen LogP contribution is -1.92. The Hall–Kier alpha value is -7.16. The molecule has 0 saturated carbocycles. The topological polar surface area (TPSA) is 26.3 Å². The zero-order valence-electron chi connectivity index (χ0n) is 29.1. The molecule has 0 atom stereocenters. The van der Waals surface area contributed by atoms with E-state index in [0.717, 1.165) is 65.8 Å². The molecule has 0 saturated heterocycles. The van der Waals surface area contributed by atoms with Crippen molar-refractivity contribution in [1.82, 2.24) is 0 Å². The average Bonchev–Trinajstić information content (AvgIpc) is 3.81. The zero-order chi connectivity index (χ0) is 35.3. The molecular weight excluding hydrogens is 657 g/mol. The molecule has 2 aromatic heterocycles. The molecular formula is C52H30O2. The van der Waals surface area contributed by atoms with Crippen LogP contribution in [0.15, 0.2) is 191 Å². The molecule has 12 aromatic rings. The van der Waals surface area contributed by atoms with Crippen LogP contribution in [0.4, 0.5) is 0 Å². The summed E-state index contributed by atoms with van der Waals surface area (Å²) in [5.41, 5.74) is 12.9. The van der Waals surface area contributed by atoms with Gasteiger partial charge in [-0.2, -0.15) is 0 Å². The normalized spacial score (nSPS) is 12.1. The van der Waals surface area contributed by atoms with Crippen molar-refractivity contribution in [3.05, 3.63) is 182 Å². The fourth-order valence-corrected chi connectivity index (χ4v) is 8.89. The summed E-state index contributed by atoms with van der Waals surface area (Å²) in [7, 11) is 0. The van der Waals surface area contributed by atoms with Gasteiger partial charge in [-0.15, -0.1) is 0 Å². The molecule has 0 unspecified atom stereocenters. The minimum absolute atomic E-state index is 0.887. The Morgan fingerprint density at radius 1 is 0.241 bits per heavy atom. The largest absolute Gasteiger partial charge is 0.455 e. The predicted molar refractivity (Wildman–Crippen MR) is 226 cm³/mol. The van der Waals surface area contributed by atoms with Crippen LogP contribution in [0.3, 0.4) is 0 Å². The second-order valence-electron chi connectivity index (χ2n) is 14.4. The third kappa shape index (κ3) is 4.22. The molecule has 0 N–H and O–H groups in total. The van der Waals surface area contributed by atoms with E-state index in [9.17, 15) is 0 Å². The van der Waals surface area contributed by atoms with Crippen LogP contribution in [0.5, 0.6) is 0 Å². The Morgan fingerprint density at radius 3 is 1.00 bits per heavy atom. The maximum Gasteiger partial charge on any atom is 0.143 e. The molecule has 12 rings (SSSR count). The van der Waals surface area contributed by atoms with E-state index < -0.39 is 0 Å². The molecule has 2 nitrogen and oxygen atoms in total. The highest BCUT2D eigenvalue weighted by Gasteiger charge is 2.24. The van der Waals surface area contributed by atoms with E-state index in [0.29, 0.717) is 0 Å². The van der Waals surface area contributed by atoms with Gasteiger partial charge in [0.05, 0.1) is 0 Å². The van der Waals surface area contributed by atoms with Crippen LogP contribution in [0.25, 0.3) is 121 Å². The van der Waals surface area contributed by atoms with Gasteiger partial charge in [0.2, 0.25) is 0 Å². The van der Waals surface area contributed by atoms with Gasteiger partial charge in [-0.25, -0.2) is 0 Å². The van der Waals surface area contributed by atoms with E-state index in [1.807, 2.05) is 0 Å². The van der Waals surface area contributed by atoms with Gasteiger partial charge in [0.25, 0.3) is 0 Å². The summed E-state index contributed by atoms with van der Waals surface area (Å²) in [6, 6.07) is 65.3. The highest BCUT2D eigenvalue weighted by atomic mass is 16.3. The van der Waals surface area contributed by atoms with Crippen LogP contribution in [0.1, 0.15) is 0 Å². The van der Waals surface area contributed by atoms with Gasteiger partial charge in [-0.1, -0.05) is 133 Å². The van der Waals surface area contributed by atoms with Crippen molar-refractivity contribution in [2.75, 3.05) is 0 Å². The number of furan rings is 2. The van der Waals surface area contributed by atoms with Crippen molar-refractivity contribution in [2.24, 2.45) is 0 Å². The Bertz CT molecular complexity index is 3160. The monoisotopic (exact) mass is 686 g/mol. The first-order valence-corrected chi connectivity index (χ1v) is 18.5. The predicted octanol–water partition coefficient (Wildman–Crippen LogP) is 15.1. The van der Waals surface area contributed by atoms with E-state index in [1.54, 1.807) is 0 Å². The molecule has 0 fully saturated rings. The molecule has 250 valence electrons. The Morgan fingerprint density at radius 2 is 0.611 bits per heavy atom. The highest BCUT2D eigenvalue weighted by molar-refractivity contribution is 6.38. The second kappa shape index (κ2) is 11.2. The third-order valence-corrected chi connectivity index (χ3v) is 11.4. The molecule has 0 amide bonds. The maximum absolute atomic E-state index is 6.98. The van der Waals surface area contributed by atoms with Crippen LogP contribution >= 0.6 is 0 Å². The number of rotatable bonds is 4. The Kier molecular flexibility index (Phi) is 6.09. The third-order valence-electron chi connectivity index (χ3n) is 11.4. The summed E-state index contributed by atoms with van der Waals surface area (Å²) in [5, 5.41) is 11.5. The van der Waals surface area contributed by atoms with Gasteiger partial charge in [0.15, 0.2) is 0 Å². The van der Waals surface area contributed by atoms with Gasteiger partial charge in [-0.05, 0) is 104 Å². The summed E-state index contributed by atoms with van der Waals surface area (Å²) in [6.45, 7) is 0. The Balaban J connectivity index is 1.26. The van der Waals surface area contributed by atoms with Crippen molar-refractivity contribution in [3.63, 3.8) is 0 Å². The average molecular weight is 687 g/mol.